The fourth-order valence-corrected chi connectivity index (χ4v) is 6.19. The van der Waals surface area contributed by atoms with Crippen molar-refractivity contribution in [2.75, 3.05) is 0 Å². The van der Waals surface area contributed by atoms with Crippen LogP contribution < -0.4 is 0 Å². The lowest BCUT2D eigenvalue weighted by Gasteiger charge is -2.16. The van der Waals surface area contributed by atoms with Gasteiger partial charge in [-0.15, -0.1) is 0 Å². The predicted octanol–water partition coefficient (Wildman–Crippen LogP) is 11.8. The lowest BCUT2D eigenvalue weighted by molar-refractivity contribution is 1.18. The second-order valence-electron chi connectivity index (χ2n) is 10.7. The predicted molar refractivity (Wildman–Crippen MR) is 192 cm³/mol. The van der Waals surface area contributed by atoms with Gasteiger partial charge in [0.1, 0.15) is 0 Å². The van der Waals surface area contributed by atoms with Crippen molar-refractivity contribution in [3.8, 4) is 44.5 Å². The summed E-state index contributed by atoms with van der Waals surface area (Å²) in [4.78, 5) is 0. The van der Waals surface area contributed by atoms with Crippen LogP contribution in [0.1, 0.15) is 22.3 Å². The summed E-state index contributed by atoms with van der Waals surface area (Å²) in [7, 11) is 0. The van der Waals surface area contributed by atoms with Crippen molar-refractivity contribution in [1.82, 2.24) is 0 Å². The molecule has 0 heterocycles. The van der Waals surface area contributed by atoms with E-state index in [1.165, 1.54) is 73.9 Å². The summed E-state index contributed by atoms with van der Waals surface area (Å²) in [6.45, 7) is 4.38. The van der Waals surface area contributed by atoms with Gasteiger partial charge in [0.2, 0.25) is 0 Å². The monoisotopic (exact) mass is 752 g/mol. The molecule has 6 rings (SSSR count). The molecule has 0 N–H and O–H groups in total. The van der Waals surface area contributed by atoms with Gasteiger partial charge in [-0.3, -0.25) is 0 Å². The van der Waals surface area contributed by atoms with Gasteiger partial charge in [0.25, 0.3) is 0 Å². The number of aryl methyl sites for hydroxylation is 2. The fourth-order valence-electron chi connectivity index (χ4n) is 5.48. The molecule has 0 aromatic heterocycles. The minimum absolute atomic E-state index is 0.881. The summed E-state index contributed by atoms with van der Waals surface area (Å²) in [5.74, 6) is 0. The smallest absolute Gasteiger partial charge is 0.0130 e. The Kier molecular flexibility index (Phi) is 8.40. The van der Waals surface area contributed by atoms with E-state index in [4.69, 9.17) is 0 Å². The van der Waals surface area contributed by atoms with Crippen LogP contribution in [0.3, 0.4) is 0 Å². The summed E-state index contributed by atoms with van der Waals surface area (Å²) in [6, 6.07) is 49.2. The zero-order valence-electron chi connectivity index (χ0n) is 23.2. The average molecular weight is 752 g/mol. The van der Waals surface area contributed by atoms with E-state index < -0.39 is 0 Å². The van der Waals surface area contributed by atoms with E-state index in [2.05, 4.69) is 192 Å². The molecule has 0 fully saturated rings. The molecule has 0 spiro atoms. The number of rotatable bonds is 6. The number of halogens is 2. The highest BCUT2D eigenvalue weighted by atomic mass is 127. The summed E-state index contributed by atoms with van der Waals surface area (Å²) in [5, 5.41) is 0. The molecule has 0 aliphatic heterocycles. The van der Waals surface area contributed by atoms with Crippen LogP contribution in [0.5, 0.6) is 0 Å². The first-order chi connectivity index (χ1) is 19.9. The molecule has 0 unspecified atom stereocenters. The molecule has 0 atom stereocenters. The Balaban J connectivity index is 1.33. The van der Waals surface area contributed by atoms with Crippen LogP contribution in [-0.2, 0) is 6.42 Å². The Labute approximate surface area is 270 Å². The summed E-state index contributed by atoms with van der Waals surface area (Å²) in [5.41, 5.74) is 15.4. The van der Waals surface area contributed by atoms with Gasteiger partial charge < -0.3 is 0 Å². The highest BCUT2D eigenvalue weighted by Gasteiger charge is 2.12. The third-order valence-electron chi connectivity index (χ3n) is 7.65. The number of benzene rings is 6. The molecule has 0 saturated carbocycles. The third kappa shape index (κ3) is 6.49. The second-order valence-corrected chi connectivity index (χ2v) is 13.2. The van der Waals surface area contributed by atoms with E-state index in [9.17, 15) is 0 Å². The molecule has 6 aromatic rings. The number of hydrogen-bond donors (Lipinski definition) is 0. The van der Waals surface area contributed by atoms with Crippen molar-refractivity contribution in [2.24, 2.45) is 0 Å². The van der Waals surface area contributed by atoms with Gasteiger partial charge >= 0.3 is 0 Å². The van der Waals surface area contributed by atoms with Gasteiger partial charge in [0.05, 0.1) is 0 Å². The van der Waals surface area contributed by atoms with Crippen LogP contribution in [0.15, 0.2) is 133 Å². The highest BCUT2D eigenvalue weighted by Crippen LogP contribution is 2.34. The van der Waals surface area contributed by atoms with Crippen LogP contribution >= 0.6 is 45.2 Å². The van der Waals surface area contributed by atoms with Gasteiger partial charge in [-0.2, -0.15) is 0 Å². The van der Waals surface area contributed by atoms with Gasteiger partial charge in [0, 0.05) is 7.14 Å². The van der Waals surface area contributed by atoms with Crippen molar-refractivity contribution >= 4 is 45.2 Å². The Morgan fingerprint density at radius 3 is 1.00 bits per heavy atom. The standard InChI is InChI=1S/C39H30I2/c1-26-3-21-38(32-9-5-28(6-10-32)30-13-17-36(40)18-14-30)34(23-26)25-35-24-27(2)4-22-39(35)33-11-7-29(8-12-33)31-15-19-37(41)20-16-31/h3-24H,25H2,1-2H3. The van der Waals surface area contributed by atoms with E-state index in [0.717, 1.165) is 6.42 Å². The largest absolute Gasteiger partial charge is 0.0587 e. The maximum atomic E-state index is 2.36. The Bertz CT molecular complexity index is 1660. The lowest BCUT2D eigenvalue weighted by Crippen LogP contribution is -1.97. The Morgan fingerprint density at radius 2 is 0.659 bits per heavy atom. The van der Waals surface area contributed by atoms with E-state index >= 15 is 0 Å². The topological polar surface area (TPSA) is 0 Å². The van der Waals surface area contributed by atoms with Crippen LogP contribution in [0.4, 0.5) is 0 Å². The summed E-state index contributed by atoms with van der Waals surface area (Å²) < 4.78 is 2.51. The summed E-state index contributed by atoms with van der Waals surface area (Å²) >= 11 is 4.71. The molecule has 0 radical (unpaired) electrons. The lowest BCUT2D eigenvalue weighted by atomic mass is 9.88. The van der Waals surface area contributed by atoms with Crippen LogP contribution in [0.25, 0.3) is 44.5 Å². The van der Waals surface area contributed by atoms with Gasteiger partial charge in [-0.05, 0) is 145 Å². The van der Waals surface area contributed by atoms with Gasteiger partial charge in [-0.25, -0.2) is 0 Å². The van der Waals surface area contributed by atoms with Crippen LogP contribution in [-0.4, -0.2) is 0 Å². The molecular formula is C39H30I2. The Morgan fingerprint density at radius 1 is 0.366 bits per heavy atom. The summed E-state index contributed by atoms with van der Waals surface area (Å²) in [6.07, 6.45) is 0.881. The van der Waals surface area contributed by atoms with Crippen molar-refractivity contribution in [3.05, 3.63) is 163 Å². The van der Waals surface area contributed by atoms with Crippen molar-refractivity contribution in [1.29, 1.82) is 0 Å². The first-order valence-electron chi connectivity index (χ1n) is 13.8. The first kappa shape index (κ1) is 27.9. The van der Waals surface area contributed by atoms with E-state index in [-0.39, 0.29) is 0 Å². The first-order valence-corrected chi connectivity index (χ1v) is 16.0. The minimum Gasteiger partial charge on any atom is -0.0587 e. The SMILES string of the molecule is Cc1ccc(-c2ccc(-c3ccc(I)cc3)cc2)c(Cc2cc(C)ccc2-c2ccc(-c3ccc(I)cc3)cc2)c1. The van der Waals surface area contributed by atoms with Crippen molar-refractivity contribution in [3.63, 3.8) is 0 Å². The minimum atomic E-state index is 0.881. The molecule has 0 amide bonds. The zero-order valence-corrected chi connectivity index (χ0v) is 27.5. The third-order valence-corrected chi connectivity index (χ3v) is 9.09. The molecule has 2 heteroatoms. The molecule has 0 aliphatic carbocycles. The highest BCUT2D eigenvalue weighted by molar-refractivity contribution is 14.1. The van der Waals surface area contributed by atoms with Gasteiger partial charge in [0.15, 0.2) is 0 Å². The van der Waals surface area contributed by atoms with Crippen LogP contribution in [0, 0.1) is 21.0 Å². The molecule has 41 heavy (non-hydrogen) atoms. The van der Waals surface area contributed by atoms with E-state index in [1.807, 2.05) is 0 Å². The number of hydrogen-bond acceptors (Lipinski definition) is 0. The normalized spacial score (nSPS) is 11.0. The maximum absolute atomic E-state index is 2.36. The fraction of sp³-hybridized carbons (Fsp3) is 0.0769. The Hall–Kier alpha value is -3.22. The molecule has 6 aromatic carbocycles. The quantitative estimate of drug-likeness (QED) is 0.149. The molecular weight excluding hydrogens is 722 g/mol. The van der Waals surface area contributed by atoms with Crippen molar-refractivity contribution < 1.29 is 0 Å². The molecule has 0 bridgehead atoms. The van der Waals surface area contributed by atoms with Gasteiger partial charge in [-0.1, -0.05) is 120 Å². The average Bonchev–Trinajstić information content (AvgIpc) is 2.99. The van der Waals surface area contributed by atoms with E-state index in [1.54, 1.807) is 0 Å². The van der Waals surface area contributed by atoms with E-state index in [0.29, 0.717) is 0 Å². The molecule has 0 saturated heterocycles. The molecule has 0 aliphatic rings. The molecule has 0 nitrogen and oxygen atoms in total. The molecule has 200 valence electrons. The van der Waals surface area contributed by atoms with Crippen LogP contribution in [0.2, 0.25) is 0 Å². The maximum Gasteiger partial charge on any atom is 0.0130 e. The second kappa shape index (κ2) is 12.3. The van der Waals surface area contributed by atoms with Crippen molar-refractivity contribution in [2.45, 2.75) is 20.3 Å². The zero-order chi connectivity index (χ0) is 28.3.